The zero-order valence-corrected chi connectivity index (χ0v) is 16.1. The number of nitrogens with zero attached hydrogens (tertiary/aromatic N) is 6. The highest BCUT2D eigenvalue weighted by atomic mass is 16.1. The first-order valence-corrected chi connectivity index (χ1v) is 9.44. The molecule has 0 bridgehead atoms. The summed E-state index contributed by atoms with van der Waals surface area (Å²) in [6.45, 7) is 2.00. The van der Waals surface area contributed by atoms with Crippen LogP contribution >= 0.6 is 0 Å². The fourth-order valence-corrected chi connectivity index (χ4v) is 3.32. The highest BCUT2D eigenvalue weighted by Gasteiger charge is 2.10. The summed E-state index contributed by atoms with van der Waals surface area (Å²) in [7, 11) is 0. The summed E-state index contributed by atoms with van der Waals surface area (Å²) in [5.41, 5.74) is 5.08. The van der Waals surface area contributed by atoms with E-state index in [4.69, 9.17) is 4.98 Å². The van der Waals surface area contributed by atoms with Crippen LogP contribution in [0.5, 0.6) is 0 Å². The maximum atomic E-state index is 11.2. The van der Waals surface area contributed by atoms with Crippen LogP contribution < -0.4 is 5.32 Å². The van der Waals surface area contributed by atoms with Crippen molar-refractivity contribution in [2.24, 2.45) is 0 Å². The van der Waals surface area contributed by atoms with Gasteiger partial charge in [0, 0.05) is 30.3 Å². The lowest BCUT2D eigenvalue weighted by Crippen LogP contribution is -2.07. The van der Waals surface area contributed by atoms with Crippen molar-refractivity contribution in [3.05, 3.63) is 72.6 Å². The molecule has 0 saturated heterocycles. The van der Waals surface area contributed by atoms with Crippen LogP contribution in [0.2, 0.25) is 0 Å². The van der Waals surface area contributed by atoms with Gasteiger partial charge in [-0.25, -0.2) is 14.6 Å². The van der Waals surface area contributed by atoms with Gasteiger partial charge in [0.15, 0.2) is 5.65 Å². The number of carbonyl (C=O) groups is 1. The Hall–Kier alpha value is -4.20. The van der Waals surface area contributed by atoms with Gasteiger partial charge in [-0.15, -0.1) is 5.10 Å². The molecule has 4 heterocycles. The molecule has 1 aromatic carbocycles. The van der Waals surface area contributed by atoms with Crippen molar-refractivity contribution in [2.45, 2.75) is 13.5 Å². The van der Waals surface area contributed by atoms with Crippen LogP contribution in [0.1, 0.15) is 12.5 Å². The number of nitrogens with one attached hydrogen (secondary N) is 1. The van der Waals surface area contributed by atoms with Crippen LogP contribution in [0, 0.1) is 0 Å². The molecule has 1 amide bonds. The van der Waals surface area contributed by atoms with Gasteiger partial charge < -0.3 is 5.32 Å². The smallest absolute Gasteiger partial charge is 0.222 e. The Morgan fingerprint density at radius 1 is 1.03 bits per heavy atom. The zero-order chi connectivity index (χ0) is 20.5. The third-order valence-corrected chi connectivity index (χ3v) is 4.72. The number of pyridine rings is 3. The number of hydrogen-bond donors (Lipinski definition) is 1. The number of aromatic nitrogens is 6. The van der Waals surface area contributed by atoms with Crippen molar-refractivity contribution in [1.82, 2.24) is 29.9 Å². The topological polar surface area (TPSA) is 98.5 Å². The number of benzene rings is 1. The maximum absolute atomic E-state index is 11.2. The molecule has 0 aliphatic rings. The molecule has 146 valence electrons. The molecule has 0 aliphatic heterocycles. The summed E-state index contributed by atoms with van der Waals surface area (Å²) in [4.78, 5) is 24.5. The van der Waals surface area contributed by atoms with Gasteiger partial charge in [0.2, 0.25) is 5.91 Å². The molecule has 8 heteroatoms. The number of hydrogen-bond acceptors (Lipinski definition) is 6. The Morgan fingerprint density at radius 3 is 2.77 bits per heavy atom. The van der Waals surface area contributed by atoms with Crippen LogP contribution in [0.3, 0.4) is 0 Å². The van der Waals surface area contributed by atoms with Gasteiger partial charge in [-0.05, 0) is 48.0 Å². The Bertz CT molecular complexity index is 1380. The van der Waals surface area contributed by atoms with Gasteiger partial charge >= 0.3 is 0 Å². The molecule has 8 nitrogen and oxygen atoms in total. The van der Waals surface area contributed by atoms with E-state index in [2.05, 4.69) is 31.7 Å². The van der Waals surface area contributed by atoms with Gasteiger partial charge in [-0.1, -0.05) is 17.3 Å². The average Bonchev–Trinajstić information content (AvgIpc) is 3.16. The second-order valence-corrected chi connectivity index (χ2v) is 6.93. The molecule has 0 spiro atoms. The minimum Gasteiger partial charge on any atom is -0.311 e. The highest BCUT2D eigenvalue weighted by Crippen LogP contribution is 2.21. The quantitative estimate of drug-likeness (QED) is 0.500. The minimum absolute atomic E-state index is 0.158. The third kappa shape index (κ3) is 3.46. The lowest BCUT2D eigenvalue weighted by molar-refractivity contribution is -0.114. The van der Waals surface area contributed by atoms with Gasteiger partial charge in [0.25, 0.3) is 0 Å². The Morgan fingerprint density at radius 2 is 1.93 bits per heavy atom. The normalized spacial score (nSPS) is 11.1. The van der Waals surface area contributed by atoms with Crippen LogP contribution in [0.25, 0.3) is 33.3 Å². The Balaban J connectivity index is 1.47. The van der Waals surface area contributed by atoms with E-state index in [0.717, 1.165) is 33.2 Å². The van der Waals surface area contributed by atoms with Crippen molar-refractivity contribution in [3.63, 3.8) is 0 Å². The van der Waals surface area contributed by atoms with Crippen molar-refractivity contribution in [3.8, 4) is 11.3 Å². The molecule has 5 rings (SSSR count). The van der Waals surface area contributed by atoms with E-state index in [9.17, 15) is 4.79 Å². The van der Waals surface area contributed by atoms with Crippen LogP contribution in [0.4, 0.5) is 5.82 Å². The summed E-state index contributed by atoms with van der Waals surface area (Å²) in [6, 6.07) is 17.5. The summed E-state index contributed by atoms with van der Waals surface area (Å²) >= 11 is 0. The lowest BCUT2D eigenvalue weighted by Gasteiger charge is -2.06. The first-order chi connectivity index (χ1) is 14.7. The molecular formula is C22H17N7O. The van der Waals surface area contributed by atoms with Gasteiger partial charge in [0.1, 0.15) is 11.3 Å². The van der Waals surface area contributed by atoms with E-state index < -0.39 is 0 Å². The number of carbonyl (C=O) groups excluding carboxylic acids is 1. The molecule has 0 saturated carbocycles. The summed E-state index contributed by atoms with van der Waals surface area (Å²) in [5.74, 6) is 0.346. The fourth-order valence-electron chi connectivity index (χ4n) is 3.32. The van der Waals surface area contributed by atoms with Crippen molar-refractivity contribution >= 4 is 33.8 Å². The second kappa shape index (κ2) is 7.32. The largest absolute Gasteiger partial charge is 0.311 e. The highest BCUT2D eigenvalue weighted by molar-refractivity contribution is 5.87. The molecule has 0 aliphatic carbocycles. The second-order valence-electron chi connectivity index (χ2n) is 6.93. The molecule has 5 aromatic rings. The Labute approximate surface area is 171 Å². The molecule has 30 heavy (non-hydrogen) atoms. The SMILES string of the molecule is CC(=O)Nc1ccc(-c2ccc3nnn(Cc4ccc5ncccc5c4)c3n2)cn1. The molecule has 0 unspecified atom stereocenters. The average molecular weight is 395 g/mol. The third-order valence-electron chi connectivity index (χ3n) is 4.72. The summed E-state index contributed by atoms with van der Waals surface area (Å²) < 4.78 is 1.79. The van der Waals surface area contributed by atoms with Gasteiger partial charge in [-0.3, -0.25) is 9.78 Å². The first kappa shape index (κ1) is 17.9. The van der Waals surface area contributed by atoms with E-state index in [-0.39, 0.29) is 5.91 Å². The van der Waals surface area contributed by atoms with Crippen molar-refractivity contribution in [1.29, 1.82) is 0 Å². The first-order valence-electron chi connectivity index (χ1n) is 9.44. The number of anilines is 1. The predicted molar refractivity (Wildman–Crippen MR) is 114 cm³/mol. The molecule has 4 aromatic heterocycles. The van der Waals surface area contributed by atoms with Crippen molar-refractivity contribution < 1.29 is 4.79 Å². The number of amides is 1. The standard InChI is InChI=1S/C22H17N7O/c1-14(30)25-21-9-5-17(12-24-21)19-7-8-20-22(26-19)29(28-27-20)13-15-4-6-18-16(11-15)3-2-10-23-18/h2-12H,13H2,1H3,(H,24,25,30). The van der Waals surface area contributed by atoms with E-state index in [1.807, 2.05) is 42.5 Å². The van der Waals surface area contributed by atoms with E-state index >= 15 is 0 Å². The molecule has 0 radical (unpaired) electrons. The molecule has 0 atom stereocenters. The molecular weight excluding hydrogens is 378 g/mol. The molecule has 0 fully saturated rings. The monoisotopic (exact) mass is 395 g/mol. The van der Waals surface area contributed by atoms with Crippen LogP contribution in [0.15, 0.2) is 67.0 Å². The predicted octanol–water partition coefficient (Wildman–Crippen LogP) is 3.44. The van der Waals surface area contributed by atoms with E-state index in [0.29, 0.717) is 18.0 Å². The minimum atomic E-state index is -0.158. The van der Waals surface area contributed by atoms with Crippen molar-refractivity contribution in [2.75, 3.05) is 5.32 Å². The van der Waals surface area contributed by atoms with Crippen LogP contribution in [-0.2, 0) is 11.3 Å². The van der Waals surface area contributed by atoms with E-state index in [1.165, 1.54) is 6.92 Å². The number of rotatable bonds is 4. The molecule has 1 N–H and O–H groups in total. The lowest BCUT2D eigenvalue weighted by atomic mass is 10.1. The fraction of sp³-hybridized carbons (Fsp3) is 0.0909. The van der Waals surface area contributed by atoms with Crippen LogP contribution in [-0.4, -0.2) is 35.9 Å². The Kier molecular flexibility index (Phi) is 4.36. The van der Waals surface area contributed by atoms with Gasteiger partial charge in [-0.2, -0.15) is 0 Å². The summed E-state index contributed by atoms with van der Waals surface area (Å²) in [6.07, 6.45) is 3.47. The summed E-state index contributed by atoms with van der Waals surface area (Å²) in [5, 5.41) is 12.3. The number of fused-ring (bicyclic) bond motifs is 2. The maximum Gasteiger partial charge on any atom is 0.222 e. The zero-order valence-electron chi connectivity index (χ0n) is 16.1. The van der Waals surface area contributed by atoms with E-state index in [1.54, 1.807) is 23.1 Å². The van der Waals surface area contributed by atoms with Gasteiger partial charge in [0.05, 0.1) is 17.8 Å².